The molecule has 20 heavy (non-hydrogen) atoms. The second-order valence-corrected chi connectivity index (χ2v) is 4.55. The highest BCUT2D eigenvalue weighted by atomic mass is 35.5. The molecule has 6 heteroatoms. The van der Waals surface area contributed by atoms with Gasteiger partial charge in [-0.2, -0.15) is 0 Å². The van der Waals surface area contributed by atoms with Crippen LogP contribution >= 0.6 is 11.6 Å². The van der Waals surface area contributed by atoms with Gasteiger partial charge in [-0.1, -0.05) is 23.7 Å². The van der Waals surface area contributed by atoms with E-state index in [0.29, 0.717) is 22.3 Å². The number of hydrogen-bond acceptors (Lipinski definition) is 4. The summed E-state index contributed by atoms with van der Waals surface area (Å²) >= 11 is 5.90. The van der Waals surface area contributed by atoms with Gasteiger partial charge in [-0.05, 0) is 24.3 Å². The molecule has 0 fully saturated rings. The van der Waals surface area contributed by atoms with Crippen molar-refractivity contribution in [1.82, 2.24) is 14.6 Å². The number of hydrogen-bond donors (Lipinski definition) is 0. The summed E-state index contributed by atoms with van der Waals surface area (Å²) in [6, 6.07) is 11.0. The van der Waals surface area contributed by atoms with Crippen LogP contribution in [0.25, 0.3) is 5.65 Å². The lowest BCUT2D eigenvalue weighted by atomic mass is 10.3. The van der Waals surface area contributed by atoms with Gasteiger partial charge in [0.1, 0.15) is 6.61 Å². The Morgan fingerprint density at radius 3 is 2.75 bits per heavy atom. The molecule has 2 heterocycles. The average Bonchev–Trinajstić information content (AvgIpc) is 2.87. The van der Waals surface area contributed by atoms with Crippen LogP contribution in [0.4, 0.5) is 0 Å². The van der Waals surface area contributed by atoms with Crippen LogP contribution in [0.3, 0.4) is 0 Å². The molecule has 0 spiro atoms. The molecule has 0 amide bonds. The van der Waals surface area contributed by atoms with Crippen LogP contribution in [0, 0.1) is 0 Å². The largest absolute Gasteiger partial charge is 0.493 e. The molecular formula is C14H12ClN3O2. The number of methoxy groups -OCH3 is 1. The van der Waals surface area contributed by atoms with Crippen molar-refractivity contribution in [2.24, 2.45) is 0 Å². The molecule has 0 atom stereocenters. The van der Waals surface area contributed by atoms with E-state index in [1.54, 1.807) is 23.9 Å². The van der Waals surface area contributed by atoms with E-state index in [-0.39, 0.29) is 6.61 Å². The molecule has 0 bridgehead atoms. The maximum absolute atomic E-state index is 5.90. The standard InChI is InChI=1S/C14H12ClN3O2/c1-19-11-4-2-3-5-12(11)20-9-13-16-14-7-6-10(15)8-18(14)17-13/h2-8H,9H2,1H3. The predicted octanol–water partition coefficient (Wildman–Crippen LogP) is 2.97. The first-order chi connectivity index (χ1) is 9.76. The highest BCUT2D eigenvalue weighted by Gasteiger charge is 2.07. The van der Waals surface area contributed by atoms with Crippen molar-refractivity contribution >= 4 is 17.2 Å². The first-order valence-corrected chi connectivity index (χ1v) is 6.41. The first kappa shape index (κ1) is 12.7. The lowest BCUT2D eigenvalue weighted by Gasteiger charge is -2.08. The van der Waals surface area contributed by atoms with Crippen LogP contribution in [0.2, 0.25) is 5.02 Å². The van der Waals surface area contributed by atoms with Gasteiger partial charge in [-0.25, -0.2) is 9.50 Å². The summed E-state index contributed by atoms with van der Waals surface area (Å²) in [4.78, 5) is 4.35. The smallest absolute Gasteiger partial charge is 0.189 e. The zero-order valence-corrected chi connectivity index (χ0v) is 11.5. The number of nitrogens with zero attached hydrogens (tertiary/aromatic N) is 3. The zero-order valence-electron chi connectivity index (χ0n) is 10.8. The lowest BCUT2D eigenvalue weighted by molar-refractivity contribution is 0.276. The molecule has 0 N–H and O–H groups in total. The molecule has 0 aliphatic heterocycles. The normalized spacial score (nSPS) is 10.7. The fraction of sp³-hybridized carbons (Fsp3) is 0.143. The molecule has 3 rings (SSSR count). The molecule has 102 valence electrons. The van der Waals surface area contributed by atoms with Crippen LogP contribution in [0.5, 0.6) is 11.5 Å². The highest BCUT2D eigenvalue weighted by molar-refractivity contribution is 6.30. The van der Waals surface area contributed by atoms with Gasteiger partial charge in [0.15, 0.2) is 23.0 Å². The van der Waals surface area contributed by atoms with E-state index in [9.17, 15) is 0 Å². The maximum Gasteiger partial charge on any atom is 0.189 e. The zero-order chi connectivity index (χ0) is 13.9. The molecule has 0 aliphatic carbocycles. The van der Waals surface area contributed by atoms with E-state index >= 15 is 0 Å². The third-order valence-corrected chi connectivity index (χ3v) is 2.99. The Hall–Kier alpha value is -2.27. The lowest BCUT2D eigenvalue weighted by Crippen LogP contribution is -1.99. The van der Waals surface area contributed by atoms with E-state index in [1.165, 1.54) is 0 Å². The Morgan fingerprint density at radius 2 is 1.95 bits per heavy atom. The number of aromatic nitrogens is 3. The number of fused-ring (bicyclic) bond motifs is 1. The Kier molecular flexibility index (Phi) is 3.43. The molecule has 5 nitrogen and oxygen atoms in total. The summed E-state index contributed by atoms with van der Waals surface area (Å²) in [7, 11) is 1.60. The van der Waals surface area contributed by atoms with Gasteiger partial charge in [0.05, 0.1) is 12.1 Å². The van der Waals surface area contributed by atoms with Crippen molar-refractivity contribution < 1.29 is 9.47 Å². The fourth-order valence-electron chi connectivity index (χ4n) is 1.85. The van der Waals surface area contributed by atoms with E-state index in [0.717, 1.165) is 5.65 Å². The van der Waals surface area contributed by atoms with E-state index in [4.69, 9.17) is 21.1 Å². The predicted molar refractivity (Wildman–Crippen MR) is 75.3 cm³/mol. The topological polar surface area (TPSA) is 48.7 Å². The molecule has 2 aromatic heterocycles. The van der Waals surface area contributed by atoms with Gasteiger partial charge in [0.25, 0.3) is 0 Å². The summed E-state index contributed by atoms with van der Waals surface area (Å²) < 4.78 is 12.5. The number of para-hydroxylation sites is 2. The second kappa shape index (κ2) is 5.38. The minimum atomic E-state index is 0.264. The molecule has 1 aromatic carbocycles. The van der Waals surface area contributed by atoms with Crippen molar-refractivity contribution in [2.75, 3.05) is 7.11 Å². The summed E-state index contributed by atoms with van der Waals surface area (Å²) in [5.74, 6) is 1.92. The number of ether oxygens (including phenoxy) is 2. The third-order valence-electron chi connectivity index (χ3n) is 2.76. The molecule has 3 aromatic rings. The van der Waals surface area contributed by atoms with Crippen LogP contribution in [0.15, 0.2) is 42.6 Å². The highest BCUT2D eigenvalue weighted by Crippen LogP contribution is 2.26. The maximum atomic E-state index is 5.90. The quantitative estimate of drug-likeness (QED) is 0.741. The van der Waals surface area contributed by atoms with Gasteiger partial charge in [0.2, 0.25) is 0 Å². The molecule has 0 aliphatic rings. The monoisotopic (exact) mass is 289 g/mol. The van der Waals surface area contributed by atoms with Crippen LogP contribution < -0.4 is 9.47 Å². The minimum absolute atomic E-state index is 0.264. The van der Waals surface area contributed by atoms with Gasteiger partial charge in [-0.15, -0.1) is 5.10 Å². The van der Waals surface area contributed by atoms with Crippen molar-refractivity contribution in [3.8, 4) is 11.5 Å². The van der Waals surface area contributed by atoms with Crippen LogP contribution in [0.1, 0.15) is 5.82 Å². The summed E-state index contributed by atoms with van der Waals surface area (Å²) in [5.41, 5.74) is 0.730. The van der Waals surface area contributed by atoms with Gasteiger partial charge < -0.3 is 9.47 Å². The minimum Gasteiger partial charge on any atom is -0.493 e. The Labute approximate surface area is 120 Å². The van der Waals surface area contributed by atoms with Crippen molar-refractivity contribution in [3.05, 3.63) is 53.4 Å². The Bertz CT molecular complexity index is 742. The van der Waals surface area contributed by atoms with E-state index in [1.807, 2.05) is 30.3 Å². The Balaban J connectivity index is 1.79. The van der Waals surface area contributed by atoms with E-state index < -0.39 is 0 Å². The van der Waals surface area contributed by atoms with Crippen molar-refractivity contribution in [2.45, 2.75) is 6.61 Å². The number of benzene rings is 1. The third kappa shape index (κ3) is 2.53. The number of pyridine rings is 1. The summed E-state index contributed by atoms with van der Waals surface area (Å²) in [6.45, 7) is 0.264. The number of rotatable bonds is 4. The van der Waals surface area contributed by atoms with Crippen LogP contribution in [-0.4, -0.2) is 21.7 Å². The van der Waals surface area contributed by atoms with Crippen molar-refractivity contribution in [3.63, 3.8) is 0 Å². The van der Waals surface area contributed by atoms with Gasteiger partial charge in [-0.3, -0.25) is 0 Å². The summed E-state index contributed by atoms with van der Waals surface area (Å²) in [5, 5.41) is 4.91. The Morgan fingerprint density at radius 1 is 1.15 bits per heavy atom. The average molecular weight is 290 g/mol. The molecular weight excluding hydrogens is 278 g/mol. The summed E-state index contributed by atoms with van der Waals surface area (Å²) in [6.07, 6.45) is 1.70. The van der Waals surface area contributed by atoms with Gasteiger partial charge >= 0.3 is 0 Å². The molecule has 0 radical (unpaired) electrons. The number of halogens is 1. The molecule has 0 unspecified atom stereocenters. The molecule has 0 saturated heterocycles. The van der Waals surface area contributed by atoms with Crippen LogP contribution in [-0.2, 0) is 6.61 Å². The van der Waals surface area contributed by atoms with Crippen molar-refractivity contribution in [1.29, 1.82) is 0 Å². The SMILES string of the molecule is COc1ccccc1OCc1nc2ccc(Cl)cn2n1. The first-order valence-electron chi connectivity index (χ1n) is 6.03. The second-order valence-electron chi connectivity index (χ2n) is 4.12. The van der Waals surface area contributed by atoms with Gasteiger partial charge in [0, 0.05) is 6.20 Å². The van der Waals surface area contributed by atoms with E-state index in [2.05, 4.69) is 10.1 Å². The fourth-order valence-corrected chi connectivity index (χ4v) is 2.00. The molecule has 0 saturated carbocycles.